The van der Waals surface area contributed by atoms with Gasteiger partial charge in [-0.3, -0.25) is 0 Å². The van der Waals surface area contributed by atoms with Crippen LogP contribution in [-0.4, -0.2) is 25.8 Å². The molecule has 1 rings (SSSR count). The number of methoxy groups -OCH3 is 1. The Hall–Kier alpha value is -0.980. The predicted molar refractivity (Wildman–Crippen MR) is 61.9 cm³/mol. The largest absolute Gasteiger partial charge is 0.495 e. The van der Waals surface area contributed by atoms with Crippen molar-refractivity contribution in [1.29, 1.82) is 0 Å². The quantitative estimate of drug-likeness (QED) is 0.892. The second-order valence-electron chi connectivity index (χ2n) is 3.65. The van der Waals surface area contributed by atoms with E-state index in [1.807, 2.05) is 0 Å². The molecule has 0 heterocycles. The van der Waals surface area contributed by atoms with Gasteiger partial charge in [-0.25, -0.2) is 0 Å². The van der Waals surface area contributed by atoms with Crippen LogP contribution >= 0.6 is 11.6 Å². The monoisotopic (exact) mass is 283 g/mol. The maximum atomic E-state index is 12.6. The molecule has 0 saturated heterocycles. The third kappa shape index (κ3) is 3.28. The zero-order chi connectivity index (χ0) is 13.9. The fraction of sp³-hybridized carbons (Fsp3) is 0.455. The van der Waals surface area contributed by atoms with Crippen molar-refractivity contribution in [3.8, 4) is 5.75 Å². The molecule has 1 aromatic carbocycles. The van der Waals surface area contributed by atoms with Crippen LogP contribution in [0.3, 0.4) is 0 Å². The lowest BCUT2D eigenvalue weighted by Gasteiger charge is -2.18. The normalized spacial score (nSPS) is 13.5. The third-order valence-electron chi connectivity index (χ3n) is 2.36. The zero-order valence-corrected chi connectivity index (χ0v) is 10.6. The molecule has 1 unspecified atom stereocenters. The van der Waals surface area contributed by atoms with Crippen LogP contribution in [0, 0.1) is 0 Å². The predicted octanol–water partition coefficient (Wildman–Crippen LogP) is 2.62. The number of aliphatic hydroxyl groups is 1. The van der Waals surface area contributed by atoms with Gasteiger partial charge in [-0.2, -0.15) is 13.2 Å². The molecule has 0 fully saturated rings. The van der Waals surface area contributed by atoms with Gasteiger partial charge in [0.25, 0.3) is 0 Å². The Balaban J connectivity index is 3.32. The van der Waals surface area contributed by atoms with Crippen LogP contribution in [0.25, 0.3) is 0 Å². The molecular formula is C11H13ClF3NO2. The summed E-state index contributed by atoms with van der Waals surface area (Å²) in [6.07, 6.45) is -5.66. The first-order valence-corrected chi connectivity index (χ1v) is 5.46. The lowest BCUT2D eigenvalue weighted by atomic mass is 10.0. The zero-order valence-electron chi connectivity index (χ0n) is 9.81. The standard InChI is InChI=1S/C11H13ClF3NO2/c1-16-5-9(17)7-3-6(11(13,14)15)4-8(12)10(7)18-2/h3-4,9,16-17H,5H2,1-2H3. The molecule has 0 amide bonds. The van der Waals surface area contributed by atoms with Gasteiger partial charge in [0.05, 0.1) is 23.8 Å². The summed E-state index contributed by atoms with van der Waals surface area (Å²) in [6, 6.07) is 1.61. The van der Waals surface area contributed by atoms with Crippen LogP contribution in [-0.2, 0) is 6.18 Å². The minimum atomic E-state index is -4.52. The Morgan fingerprint density at radius 3 is 2.50 bits per heavy atom. The van der Waals surface area contributed by atoms with Crippen molar-refractivity contribution in [2.75, 3.05) is 20.7 Å². The Kier molecular flexibility index (Phi) is 4.84. The van der Waals surface area contributed by atoms with Gasteiger partial charge in [-0.05, 0) is 19.2 Å². The van der Waals surface area contributed by atoms with E-state index in [0.717, 1.165) is 12.1 Å². The fourth-order valence-corrected chi connectivity index (χ4v) is 1.85. The second-order valence-corrected chi connectivity index (χ2v) is 4.06. The molecule has 102 valence electrons. The first-order chi connectivity index (χ1) is 8.31. The van der Waals surface area contributed by atoms with E-state index in [9.17, 15) is 18.3 Å². The average molecular weight is 284 g/mol. The third-order valence-corrected chi connectivity index (χ3v) is 2.64. The van der Waals surface area contributed by atoms with Gasteiger partial charge in [-0.15, -0.1) is 0 Å². The summed E-state index contributed by atoms with van der Waals surface area (Å²) in [5.41, 5.74) is -0.912. The fourth-order valence-electron chi connectivity index (χ4n) is 1.54. The van der Waals surface area contributed by atoms with E-state index < -0.39 is 17.8 Å². The van der Waals surface area contributed by atoms with Crippen molar-refractivity contribution >= 4 is 11.6 Å². The minimum absolute atomic E-state index is 0.00618. The van der Waals surface area contributed by atoms with Crippen molar-refractivity contribution in [2.45, 2.75) is 12.3 Å². The first-order valence-electron chi connectivity index (χ1n) is 5.08. The molecule has 0 saturated carbocycles. The maximum Gasteiger partial charge on any atom is 0.416 e. The molecule has 0 aromatic heterocycles. The summed E-state index contributed by atoms with van der Waals surface area (Å²) in [5, 5.41) is 12.3. The molecule has 0 bridgehead atoms. The molecule has 0 aliphatic carbocycles. The maximum absolute atomic E-state index is 12.6. The van der Waals surface area contributed by atoms with Crippen LogP contribution in [0.15, 0.2) is 12.1 Å². The average Bonchev–Trinajstić information content (AvgIpc) is 2.27. The summed E-state index contributed by atoms with van der Waals surface area (Å²) >= 11 is 5.73. The van der Waals surface area contributed by atoms with E-state index in [4.69, 9.17) is 16.3 Å². The Morgan fingerprint density at radius 1 is 1.44 bits per heavy atom. The van der Waals surface area contributed by atoms with E-state index >= 15 is 0 Å². The number of hydrogen-bond donors (Lipinski definition) is 2. The van der Waals surface area contributed by atoms with Crippen LogP contribution in [0.1, 0.15) is 17.2 Å². The van der Waals surface area contributed by atoms with Crippen LogP contribution in [0.5, 0.6) is 5.75 Å². The smallest absolute Gasteiger partial charge is 0.416 e. The topological polar surface area (TPSA) is 41.5 Å². The number of halogens is 4. The summed E-state index contributed by atoms with van der Waals surface area (Å²) < 4.78 is 42.8. The number of rotatable bonds is 4. The van der Waals surface area contributed by atoms with Gasteiger partial charge in [0.15, 0.2) is 0 Å². The van der Waals surface area contributed by atoms with E-state index in [0.29, 0.717) is 0 Å². The van der Waals surface area contributed by atoms with Crippen molar-refractivity contribution in [1.82, 2.24) is 5.32 Å². The van der Waals surface area contributed by atoms with E-state index in [1.54, 1.807) is 7.05 Å². The molecule has 0 aliphatic heterocycles. The summed E-state index contributed by atoms with van der Waals surface area (Å²) in [4.78, 5) is 0. The molecule has 2 N–H and O–H groups in total. The lowest BCUT2D eigenvalue weighted by Crippen LogP contribution is -2.18. The molecule has 0 radical (unpaired) electrons. The Bertz CT molecular complexity index is 423. The van der Waals surface area contributed by atoms with Gasteiger partial charge in [0, 0.05) is 12.1 Å². The first kappa shape index (κ1) is 15.1. The molecule has 0 spiro atoms. The van der Waals surface area contributed by atoms with Crippen molar-refractivity contribution in [3.05, 3.63) is 28.3 Å². The highest BCUT2D eigenvalue weighted by Gasteiger charge is 2.33. The van der Waals surface area contributed by atoms with Gasteiger partial charge in [0.1, 0.15) is 5.75 Å². The van der Waals surface area contributed by atoms with E-state index in [-0.39, 0.29) is 22.9 Å². The van der Waals surface area contributed by atoms with Crippen LogP contribution in [0.4, 0.5) is 13.2 Å². The number of alkyl halides is 3. The number of hydrogen-bond acceptors (Lipinski definition) is 3. The highest BCUT2D eigenvalue weighted by molar-refractivity contribution is 6.32. The molecule has 7 heteroatoms. The van der Waals surface area contributed by atoms with Crippen molar-refractivity contribution in [2.24, 2.45) is 0 Å². The SMILES string of the molecule is CNCC(O)c1cc(C(F)(F)F)cc(Cl)c1OC. The molecule has 0 aliphatic rings. The number of benzene rings is 1. The highest BCUT2D eigenvalue weighted by atomic mass is 35.5. The van der Waals surface area contributed by atoms with Crippen molar-refractivity contribution in [3.63, 3.8) is 0 Å². The minimum Gasteiger partial charge on any atom is -0.495 e. The van der Waals surface area contributed by atoms with Crippen LogP contribution in [0.2, 0.25) is 5.02 Å². The van der Waals surface area contributed by atoms with Crippen LogP contribution < -0.4 is 10.1 Å². The molecule has 3 nitrogen and oxygen atoms in total. The molecular weight excluding hydrogens is 271 g/mol. The number of aliphatic hydroxyl groups excluding tert-OH is 1. The van der Waals surface area contributed by atoms with Gasteiger partial charge in [0.2, 0.25) is 0 Å². The number of nitrogens with one attached hydrogen (secondary N) is 1. The number of likely N-dealkylation sites (N-methyl/N-ethyl adjacent to an activating group) is 1. The van der Waals surface area contributed by atoms with E-state index in [1.165, 1.54) is 7.11 Å². The second kappa shape index (κ2) is 5.77. The summed E-state index contributed by atoms with van der Waals surface area (Å²) in [5.74, 6) is 0.0485. The molecule has 1 atom stereocenters. The van der Waals surface area contributed by atoms with Gasteiger partial charge >= 0.3 is 6.18 Å². The lowest BCUT2D eigenvalue weighted by molar-refractivity contribution is -0.137. The highest BCUT2D eigenvalue weighted by Crippen LogP contribution is 2.39. The molecule has 1 aromatic rings. The molecule has 18 heavy (non-hydrogen) atoms. The van der Waals surface area contributed by atoms with E-state index in [2.05, 4.69) is 5.32 Å². The van der Waals surface area contributed by atoms with Gasteiger partial charge < -0.3 is 15.2 Å². The summed E-state index contributed by atoms with van der Waals surface area (Å²) in [6.45, 7) is 0.0913. The Labute approximate surface area is 108 Å². The van der Waals surface area contributed by atoms with Gasteiger partial charge in [-0.1, -0.05) is 11.6 Å². The Morgan fingerprint density at radius 2 is 2.06 bits per heavy atom. The number of ether oxygens (including phenoxy) is 1. The summed E-state index contributed by atoms with van der Waals surface area (Å²) in [7, 11) is 2.86. The van der Waals surface area contributed by atoms with Crippen molar-refractivity contribution < 1.29 is 23.0 Å².